The summed E-state index contributed by atoms with van der Waals surface area (Å²) in [5.74, 6) is 8.00. The first-order valence-corrected chi connectivity index (χ1v) is 6.97. The van der Waals surface area contributed by atoms with Gasteiger partial charge in [0.05, 0.1) is 5.39 Å². The number of nitrogens with two attached hydrogens (primary N) is 1. The van der Waals surface area contributed by atoms with Gasteiger partial charge in [0.1, 0.15) is 10.7 Å². The largest absolute Gasteiger partial charge is 0.308 e. The Hall–Kier alpha value is -1.20. The maximum absolute atomic E-state index is 5.62. The summed E-state index contributed by atoms with van der Waals surface area (Å²) >= 11 is 1.83. The normalized spacial score (nSPS) is 18.6. The van der Waals surface area contributed by atoms with Crippen molar-refractivity contribution in [3.8, 4) is 0 Å². The first kappa shape index (κ1) is 9.79. The van der Waals surface area contributed by atoms with Crippen molar-refractivity contribution >= 4 is 27.4 Å². The number of hydrogen-bond donors (Lipinski definition) is 2. The Labute approximate surface area is 103 Å². The van der Waals surface area contributed by atoms with Crippen LogP contribution in [0.25, 0.3) is 10.2 Å². The summed E-state index contributed by atoms with van der Waals surface area (Å²) in [5.41, 5.74) is 4.20. The van der Waals surface area contributed by atoms with Crippen LogP contribution in [-0.2, 0) is 12.8 Å². The number of nitrogens with one attached hydrogen (secondary N) is 1. The zero-order valence-electron chi connectivity index (χ0n) is 9.49. The maximum Gasteiger partial charge on any atom is 0.152 e. The second kappa shape index (κ2) is 3.40. The van der Waals surface area contributed by atoms with Gasteiger partial charge in [-0.05, 0) is 37.7 Å². The van der Waals surface area contributed by atoms with Gasteiger partial charge in [-0.1, -0.05) is 0 Å². The number of nitrogens with zero attached hydrogens (tertiary/aromatic N) is 2. The predicted molar refractivity (Wildman–Crippen MR) is 69.2 cm³/mol. The van der Waals surface area contributed by atoms with E-state index < -0.39 is 0 Å². The molecule has 2 aliphatic carbocycles. The number of rotatable bonds is 2. The van der Waals surface area contributed by atoms with E-state index in [1.807, 2.05) is 11.3 Å². The van der Waals surface area contributed by atoms with Crippen LogP contribution in [0.3, 0.4) is 0 Å². The van der Waals surface area contributed by atoms with Crippen LogP contribution in [0.15, 0.2) is 0 Å². The third kappa shape index (κ3) is 1.39. The predicted octanol–water partition coefficient (Wildman–Crippen LogP) is 2.34. The molecule has 0 atom stereocenters. The second-order valence-corrected chi connectivity index (χ2v) is 5.97. The number of aryl methyl sites for hydroxylation is 2. The fourth-order valence-electron chi connectivity index (χ4n) is 2.64. The van der Waals surface area contributed by atoms with Gasteiger partial charge in [-0.25, -0.2) is 15.8 Å². The van der Waals surface area contributed by atoms with E-state index in [1.54, 1.807) is 0 Å². The Kier molecular flexibility index (Phi) is 1.96. The van der Waals surface area contributed by atoms with Crippen molar-refractivity contribution in [2.24, 2.45) is 5.84 Å². The van der Waals surface area contributed by atoms with Crippen molar-refractivity contribution in [3.63, 3.8) is 0 Å². The Morgan fingerprint density at radius 3 is 2.88 bits per heavy atom. The van der Waals surface area contributed by atoms with Gasteiger partial charge in [-0.3, -0.25) is 0 Å². The molecule has 4 rings (SSSR count). The highest BCUT2D eigenvalue weighted by atomic mass is 32.1. The van der Waals surface area contributed by atoms with Crippen molar-refractivity contribution in [3.05, 3.63) is 16.3 Å². The van der Waals surface area contributed by atoms with Gasteiger partial charge in [0, 0.05) is 10.8 Å². The fraction of sp³-hybridized carbons (Fsp3) is 0.500. The Bertz CT molecular complexity index is 600. The van der Waals surface area contributed by atoms with E-state index in [-0.39, 0.29) is 0 Å². The van der Waals surface area contributed by atoms with Gasteiger partial charge < -0.3 is 5.43 Å². The van der Waals surface area contributed by atoms with Crippen LogP contribution < -0.4 is 11.3 Å². The maximum atomic E-state index is 5.62. The van der Waals surface area contributed by atoms with E-state index in [1.165, 1.54) is 41.5 Å². The zero-order chi connectivity index (χ0) is 11.4. The molecule has 0 unspecified atom stereocenters. The third-order valence-corrected chi connectivity index (χ3v) is 4.85. The van der Waals surface area contributed by atoms with E-state index >= 15 is 0 Å². The average molecular weight is 246 g/mol. The second-order valence-electron chi connectivity index (χ2n) is 4.89. The first-order chi connectivity index (χ1) is 8.36. The van der Waals surface area contributed by atoms with Crippen molar-refractivity contribution in [1.29, 1.82) is 0 Å². The van der Waals surface area contributed by atoms with Gasteiger partial charge in [-0.2, -0.15) is 0 Å². The molecule has 1 saturated carbocycles. The van der Waals surface area contributed by atoms with Crippen LogP contribution >= 0.6 is 11.3 Å². The Balaban J connectivity index is 2.00. The molecule has 2 aliphatic rings. The lowest BCUT2D eigenvalue weighted by atomic mass is 10.2. The number of nitrogen functional groups attached to an aromatic ring is 1. The summed E-state index contributed by atoms with van der Waals surface area (Å²) in [7, 11) is 0. The summed E-state index contributed by atoms with van der Waals surface area (Å²) in [6.45, 7) is 0. The summed E-state index contributed by atoms with van der Waals surface area (Å²) in [4.78, 5) is 11.9. The minimum Gasteiger partial charge on any atom is -0.308 e. The summed E-state index contributed by atoms with van der Waals surface area (Å²) in [6.07, 6.45) is 6.04. The molecule has 5 heteroatoms. The molecular weight excluding hydrogens is 232 g/mol. The van der Waals surface area contributed by atoms with Crippen molar-refractivity contribution in [1.82, 2.24) is 9.97 Å². The SMILES string of the molecule is NNc1nc(C2CC2)nc2sc3c(c12)CCC3. The average Bonchev–Trinajstić information content (AvgIpc) is 2.99. The molecule has 0 saturated heterocycles. The number of aromatic nitrogens is 2. The van der Waals surface area contributed by atoms with Crippen LogP contribution in [0.2, 0.25) is 0 Å². The number of hydrogen-bond acceptors (Lipinski definition) is 5. The fourth-order valence-corrected chi connectivity index (χ4v) is 3.91. The topological polar surface area (TPSA) is 63.8 Å². The number of fused-ring (bicyclic) bond motifs is 3. The Morgan fingerprint density at radius 2 is 2.12 bits per heavy atom. The standard InChI is InChI=1S/C12H14N4S/c13-16-11-9-7-2-1-3-8(7)17-12(9)15-10(14-11)6-4-5-6/h6H,1-5,13H2,(H,14,15,16). The van der Waals surface area contributed by atoms with E-state index in [9.17, 15) is 0 Å². The zero-order valence-corrected chi connectivity index (χ0v) is 10.3. The van der Waals surface area contributed by atoms with Gasteiger partial charge >= 0.3 is 0 Å². The summed E-state index contributed by atoms with van der Waals surface area (Å²) in [6, 6.07) is 0. The van der Waals surface area contributed by atoms with Gasteiger partial charge in [0.2, 0.25) is 0 Å². The highest BCUT2D eigenvalue weighted by Crippen LogP contribution is 2.43. The van der Waals surface area contributed by atoms with E-state index in [0.29, 0.717) is 5.92 Å². The third-order valence-electron chi connectivity index (χ3n) is 3.66. The molecule has 17 heavy (non-hydrogen) atoms. The molecule has 0 radical (unpaired) electrons. The highest BCUT2D eigenvalue weighted by molar-refractivity contribution is 7.19. The van der Waals surface area contributed by atoms with E-state index in [4.69, 9.17) is 10.8 Å². The monoisotopic (exact) mass is 246 g/mol. The molecule has 1 fully saturated rings. The summed E-state index contributed by atoms with van der Waals surface area (Å²) < 4.78 is 0. The van der Waals surface area contributed by atoms with Gasteiger partial charge in [0.15, 0.2) is 5.82 Å². The molecule has 0 aromatic carbocycles. The molecule has 0 amide bonds. The summed E-state index contributed by atoms with van der Waals surface area (Å²) in [5, 5.41) is 1.18. The lowest BCUT2D eigenvalue weighted by Crippen LogP contribution is -2.11. The number of thiophene rings is 1. The lowest BCUT2D eigenvalue weighted by Gasteiger charge is -2.05. The van der Waals surface area contributed by atoms with Crippen LogP contribution in [0.5, 0.6) is 0 Å². The van der Waals surface area contributed by atoms with Crippen LogP contribution in [0.4, 0.5) is 5.82 Å². The van der Waals surface area contributed by atoms with Crippen LogP contribution in [-0.4, -0.2) is 9.97 Å². The van der Waals surface area contributed by atoms with Gasteiger partial charge in [-0.15, -0.1) is 11.3 Å². The molecule has 4 nitrogen and oxygen atoms in total. The van der Waals surface area contributed by atoms with E-state index in [0.717, 1.165) is 22.9 Å². The van der Waals surface area contributed by atoms with Crippen molar-refractivity contribution in [2.45, 2.75) is 38.0 Å². The molecule has 0 aliphatic heterocycles. The molecule has 2 aromatic heterocycles. The lowest BCUT2D eigenvalue weighted by molar-refractivity contribution is 0.914. The molecule has 0 bridgehead atoms. The molecule has 0 spiro atoms. The quantitative estimate of drug-likeness (QED) is 0.630. The van der Waals surface area contributed by atoms with Crippen molar-refractivity contribution < 1.29 is 0 Å². The van der Waals surface area contributed by atoms with Crippen molar-refractivity contribution in [2.75, 3.05) is 5.43 Å². The number of anilines is 1. The molecule has 88 valence electrons. The molecule has 2 heterocycles. The highest BCUT2D eigenvalue weighted by Gasteiger charge is 2.29. The number of hydrazine groups is 1. The van der Waals surface area contributed by atoms with Gasteiger partial charge in [0.25, 0.3) is 0 Å². The smallest absolute Gasteiger partial charge is 0.152 e. The van der Waals surface area contributed by atoms with E-state index in [2.05, 4.69) is 10.4 Å². The minimum atomic E-state index is 0.573. The Morgan fingerprint density at radius 1 is 1.24 bits per heavy atom. The van der Waals surface area contributed by atoms with Crippen LogP contribution in [0.1, 0.15) is 41.4 Å². The molecule has 3 N–H and O–H groups in total. The first-order valence-electron chi connectivity index (χ1n) is 6.15. The molecule has 2 aromatic rings. The minimum absolute atomic E-state index is 0.573. The van der Waals surface area contributed by atoms with Crippen LogP contribution in [0, 0.1) is 0 Å². The molecular formula is C12H14N4S.